The Morgan fingerprint density at radius 2 is 2.10 bits per heavy atom. The first-order chi connectivity index (χ1) is 9.37. The highest BCUT2D eigenvalue weighted by molar-refractivity contribution is 5.99. The molecule has 1 fully saturated rings. The van der Waals surface area contributed by atoms with E-state index in [1.165, 1.54) is 0 Å². The van der Waals surface area contributed by atoms with Gasteiger partial charge in [-0.15, -0.1) is 0 Å². The van der Waals surface area contributed by atoms with Crippen molar-refractivity contribution in [1.82, 2.24) is 5.32 Å². The van der Waals surface area contributed by atoms with Gasteiger partial charge in [0.25, 0.3) is 5.91 Å². The molecule has 0 spiro atoms. The van der Waals surface area contributed by atoms with Gasteiger partial charge in [0.05, 0.1) is 11.0 Å². The fourth-order valence-corrected chi connectivity index (χ4v) is 2.62. The summed E-state index contributed by atoms with van der Waals surface area (Å²) >= 11 is 0. The van der Waals surface area contributed by atoms with Gasteiger partial charge in [-0.2, -0.15) is 0 Å². The minimum absolute atomic E-state index is 0.0329. The number of rotatable bonds is 3. The minimum Gasteiger partial charge on any atom is -0.398 e. The molecule has 0 saturated carbocycles. The van der Waals surface area contributed by atoms with Crippen LogP contribution in [-0.2, 0) is 4.79 Å². The molecule has 1 aromatic rings. The fourth-order valence-electron chi connectivity index (χ4n) is 2.62. The lowest BCUT2D eigenvalue weighted by Crippen LogP contribution is -2.39. The average molecular weight is 276 g/mol. The minimum atomic E-state index is -0.544. The van der Waals surface area contributed by atoms with E-state index in [4.69, 9.17) is 11.5 Å². The summed E-state index contributed by atoms with van der Waals surface area (Å²) in [4.78, 5) is 25.3. The molecule has 1 aliphatic heterocycles. The predicted octanol–water partition coefficient (Wildman–Crippen LogP) is 0.330. The van der Waals surface area contributed by atoms with E-state index in [2.05, 4.69) is 10.2 Å². The molecule has 1 atom stereocenters. The summed E-state index contributed by atoms with van der Waals surface area (Å²) in [6, 6.07) is 5.20. The molecule has 0 radical (unpaired) electrons. The SMILES string of the molecule is CNC(=O)C1(C)CCN(c2ccc(N)c(C(N)=O)c2)C1. The van der Waals surface area contributed by atoms with Crippen molar-refractivity contribution >= 4 is 23.2 Å². The van der Waals surface area contributed by atoms with Crippen molar-refractivity contribution < 1.29 is 9.59 Å². The van der Waals surface area contributed by atoms with Crippen LogP contribution in [0.2, 0.25) is 0 Å². The molecule has 1 heterocycles. The smallest absolute Gasteiger partial charge is 0.250 e. The summed E-state index contributed by atoms with van der Waals surface area (Å²) in [7, 11) is 1.64. The number of primary amides is 1. The van der Waals surface area contributed by atoms with Gasteiger partial charge >= 0.3 is 0 Å². The maximum Gasteiger partial charge on any atom is 0.250 e. The Hall–Kier alpha value is -2.24. The van der Waals surface area contributed by atoms with Gasteiger partial charge in [-0.3, -0.25) is 9.59 Å². The quantitative estimate of drug-likeness (QED) is 0.692. The monoisotopic (exact) mass is 276 g/mol. The lowest BCUT2D eigenvalue weighted by molar-refractivity contribution is -0.128. The van der Waals surface area contributed by atoms with Crippen molar-refractivity contribution in [3.05, 3.63) is 23.8 Å². The lowest BCUT2D eigenvalue weighted by atomic mass is 9.89. The zero-order chi connectivity index (χ0) is 14.9. The van der Waals surface area contributed by atoms with Gasteiger partial charge in [-0.1, -0.05) is 0 Å². The Labute approximate surface area is 118 Å². The van der Waals surface area contributed by atoms with Crippen LogP contribution in [0.3, 0.4) is 0 Å². The van der Waals surface area contributed by atoms with E-state index >= 15 is 0 Å². The van der Waals surface area contributed by atoms with Gasteiger partial charge in [-0.25, -0.2) is 0 Å². The predicted molar refractivity (Wildman–Crippen MR) is 78.4 cm³/mol. The molecular weight excluding hydrogens is 256 g/mol. The molecule has 5 N–H and O–H groups in total. The van der Waals surface area contributed by atoms with Crippen LogP contribution in [0.25, 0.3) is 0 Å². The summed E-state index contributed by atoms with van der Waals surface area (Å²) in [6.07, 6.45) is 0.767. The number of carbonyl (C=O) groups is 2. The molecule has 2 amide bonds. The van der Waals surface area contributed by atoms with Crippen LogP contribution < -0.4 is 21.7 Å². The number of benzene rings is 1. The summed E-state index contributed by atoms with van der Waals surface area (Å²) in [5, 5.41) is 2.70. The molecule has 1 unspecified atom stereocenters. The van der Waals surface area contributed by atoms with Gasteiger partial charge < -0.3 is 21.7 Å². The molecule has 2 rings (SSSR count). The van der Waals surface area contributed by atoms with E-state index < -0.39 is 11.3 Å². The first kappa shape index (κ1) is 14.2. The number of anilines is 2. The summed E-state index contributed by atoms with van der Waals surface area (Å²) in [6.45, 7) is 3.30. The molecular formula is C14H20N4O2. The number of carbonyl (C=O) groups excluding carboxylic acids is 2. The second kappa shape index (κ2) is 5.03. The number of nitrogens with one attached hydrogen (secondary N) is 1. The Bertz CT molecular complexity index is 558. The summed E-state index contributed by atoms with van der Waals surface area (Å²) in [5.74, 6) is -0.511. The molecule has 1 aromatic carbocycles. The maximum absolute atomic E-state index is 11.9. The van der Waals surface area contributed by atoms with E-state index in [0.29, 0.717) is 17.8 Å². The van der Waals surface area contributed by atoms with Crippen LogP contribution in [0.15, 0.2) is 18.2 Å². The lowest BCUT2D eigenvalue weighted by Gasteiger charge is -2.24. The van der Waals surface area contributed by atoms with Gasteiger partial charge in [-0.05, 0) is 31.5 Å². The van der Waals surface area contributed by atoms with Crippen molar-refractivity contribution in [3.8, 4) is 0 Å². The second-order valence-electron chi connectivity index (χ2n) is 5.45. The van der Waals surface area contributed by atoms with E-state index in [1.807, 2.05) is 13.0 Å². The van der Waals surface area contributed by atoms with Crippen LogP contribution in [0.4, 0.5) is 11.4 Å². The molecule has 6 heteroatoms. The number of hydrogen-bond donors (Lipinski definition) is 3. The molecule has 6 nitrogen and oxygen atoms in total. The van der Waals surface area contributed by atoms with Crippen LogP contribution >= 0.6 is 0 Å². The highest BCUT2D eigenvalue weighted by atomic mass is 16.2. The third-order valence-electron chi connectivity index (χ3n) is 3.92. The Kier molecular flexibility index (Phi) is 3.57. The normalized spacial score (nSPS) is 21.8. The number of nitrogen functional groups attached to an aromatic ring is 1. The topological polar surface area (TPSA) is 101 Å². The van der Waals surface area contributed by atoms with Crippen LogP contribution in [0.1, 0.15) is 23.7 Å². The molecule has 0 aliphatic carbocycles. The second-order valence-corrected chi connectivity index (χ2v) is 5.45. The largest absolute Gasteiger partial charge is 0.398 e. The van der Waals surface area contributed by atoms with Gasteiger partial charge in [0, 0.05) is 31.5 Å². The molecule has 1 saturated heterocycles. The van der Waals surface area contributed by atoms with Crippen molar-refractivity contribution in [2.75, 3.05) is 30.8 Å². The Morgan fingerprint density at radius 3 is 2.70 bits per heavy atom. The fraction of sp³-hybridized carbons (Fsp3) is 0.429. The zero-order valence-corrected chi connectivity index (χ0v) is 11.8. The highest BCUT2D eigenvalue weighted by Gasteiger charge is 2.39. The Balaban J connectivity index is 2.25. The maximum atomic E-state index is 11.9. The van der Waals surface area contributed by atoms with E-state index in [1.54, 1.807) is 19.2 Å². The standard InChI is InChI=1S/C14H20N4O2/c1-14(13(20)17-2)5-6-18(8-14)9-3-4-11(15)10(7-9)12(16)19/h3-4,7H,5-6,8,15H2,1-2H3,(H2,16,19)(H,17,20). The first-order valence-corrected chi connectivity index (χ1v) is 6.54. The van der Waals surface area contributed by atoms with E-state index in [0.717, 1.165) is 18.7 Å². The highest BCUT2D eigenvalue weighted by Crippen LogP contribution is 2.34. The van der Waals surface area contributed by atoms with Crippen LogP contribution in [0, 0.1) is 5.41 Å². The van der Waals surface area contributed by atoms with Crippen molar-refractivity contribution in [3.63, 3.8) is 0 Å². The number of hydrogen-bond acceptors (Lipinski definition) is 4. The summed E-state index contributed by atoms with van der Waals surface area (Å²) < 4.78 is 0. The zero-order valence-electron chi connectivity index (χ0n) is 11.8. The third-order valence-corrected chi connectivity index (χ3v) is 3.92. The van der Waals surface area contributed by atoms with Crippen molar-refractivity contribution in [2.24, 2.45) is 11.1 Å². The molecule has 108 valence electrons. The van der Waals surface area contributed by atoms with Crippen molar-refractivity contribution in [2.45, 2.75) is 13.3 Å². The Morgan fingerprint density at radius 1 is 1.40 bits per heavy atom. The first-order valence-electron chi connectivity index (χ1n) is 6.54. The number of amides is 2. The van der Waals surface area contributed by atoms with E-state index in [9.17, 15) is 9.59 Å². The molecule has 20 heavy (non-hydrogen) atoms. The molecule has 0 bridgehead atoms. The van der Waals surface area contributed by atoms with Crippen LogP contribution in [0.5, 0.6) is 0 Å². The molecule has 1 aliphatic rings. The van der Waals surface area contributed by atoms with Crippen LogP contribution in [-0.4, -0.2) is 32.0 Å². The average Bonchev–Trinajstić information content (AvgIpc) is 2.82. The van der Waals surface area contributed by atoms with Gasteiger partial charge in [0.2, 0.25) is 5.91 Å². The van der Waals surface area contributed by atoms with Gasteiger partial charge in [0.15, 0.2) is 0 Å². The van der Waals surface area contributed by atoms with Crippen molar-refractivity contribution in [1.29, 1.82) is 0 Å². The summed E-state index contributed by atoms with van der Waals surface area (Å²) in [5.41, 5.74) is 12.2. The number of nitrogens with two attached hydrogens (primary N) is 2. The van der Waals surface area contributed by atoms with Gasteiger partial charge in [0.1, 0.15) is 0 Å². The third kappa shape index (κ3) is 2.41. The number of nitrogens with zero attached hydrogens (tertiary/aromatic N) is 1. The molecule has 0 aromatic heterocycles. The van der Waals surface area contributed by atoms with E-state index in [-0.39, 0.29) is 5.91 Å².